The summed E-state index contributed by atoms with van der Waals surface area (Å²) in [5.74, 6) is 0.485. The first kappa shape index (κ1) is 20.5. The van der Waals surface area contributed by atoms with Crippen LogP contribution in [0.25, 0.3) is 16.9 Å². The van der Waals surface area contributed by atoms with Crippen LogP contribution in [0, 0.1) is 0 Å². The molecule has 31 heavy (non-hydrogen) atoms. The highest BCUT2D eigenvalue weighted by Crippen LogP contribution is 2.34. The SMILES string of the molecule is COc1cccc(CNc2cnc(-n3c(C(F)(F)F)nc4cc(OC)ccc43)cn2)c1. The first-order valence-electron chi connectivity index (χ1n) is 9.22. The van der Waals surface area contributed by atoms with E-state index < -0.39 is 12.0 Å². The maximum atomic E-state index is 13.6. The van der Waals surface area contributed by atoms with Gasteiger partial charge in [0.05, 0.1) is 37.6 Å². The van der Waals surface area contributed by atoms with E-state index >= 15 is 0 Å². The molecule has 0 bridgehead atoms. The molecular weight excluding hydrogens is 411 g/mol. The number of anilines is 1. The van der Waals surface area contributed by atoms with Crippen LogP contribution in [-0.4, -0.2) is 33.7 Å². The molecule has 0 aliphatic rings. The van der Waals surface area contributed by atoms with Gasteiger partial charge in [0, 0.05) is 12.6 Å². The normalized spacial score (nSPS) is 11.5. The summed E-state index contributed by atoms with van der Waals surface area (Å²) in [6.07, 6.45) is -2.02. The highest BCUT2D eigenvalue weighted by molar-refractivity contribution is 5.79. The molecule has 0 aliphatic heterocycles. The van der Waals surface area contributed by atoms with E-state index in [1.165, 1.54) is 31.6 Å². The van der Waals surface area contributed by atoms with Gasteiger partial charge in [-0.25, -0.2) is 15.0 Å². The summed E-state index contributed by atoms with van der Waals surface area (Å²) < 4.78 is 52.1. The molecule has 0 aliphatic carbocycles. The molecule has 10 heteroatoms. The number of alkyl halides is 3. The van der Waals surface area contributed by atoms with Crippen LogP contribution >= 0.6 is 0 Å². The minimum Gasteiger partial charge on any atom is -0.497 e. The number of nitrogens with one attached hydrogen (secondary N) is 1. The van der Waals surface area contributed by atoms with Crippen LogP contribution in [0.5, 0.6) is 11.5 Å². The number of nitrogens with zero attached hydrogens (tertiary/aromatic N) is 4. The van der Waals surface area contributed by atoms with Crippen molar-refractivity contribution in [2.24, 2.45) is 0 Å². The smallest absolute Gasteiger partial charge is 0.450 e. The van der Waals surface area contributed by atoms with Gasteiger partial charge in [-0.15, -0.1) is 0 Å². The lowest BCUT2D eigenvalue weighted by Gasteiger charge is -2.11. The number of hydrogen-bond acceptors (Lipinski definition) is 6. The van der Waals surface area contributed by atoms with Gasteiger partial charge in [0.1, 0.15) is 17.3 Å². The van der Waals surface area contributed by atoms with Crippen molar-refractivity contribution in [1.29, 1.82) is 0 Å². The second-order valence-corrected chi connectivity index (χ2v) is 6.59. The largest absolute Gasteiger partial charge is 0.497 e. The Morgan fingerprint density at radius 2 is 1.74 bits per heavy atom. The highest BCUT2D eigenvalue weighted by Gasteiger charge is 2.38. The van der Waals surface area contributed by atoms with Gasteiger partial charge in [-0.3, -0.25) is 4.57 Å². The number of methoxy groups -OCH3 is 2. The van der Waals surface area contributed by atoms with Crippen LogP contribution in [0.4, 0.5) is 19.0 Å². The predicted molar refractivity (Wildman–Crippen MR) is 109 cm³/mol. The van der Waals surface area contributed by atoms with Crippen LogP contribution in [0.1, 0.15) is 11.4 Å². The molecule has 2 aromatic carbocycles. The van der Waals surface area contributed by atoms with Crippen molar-refractivity contribution in [2.75, 3.05) is 19.5 Å². The van der Waals surface area contributed by atoms with E-state index in [2.05, 4.69) is 20.3 Å². The summed E-state index contributed by atoms with van der Waals surface area (Å²) in [6.45, 7) is 0.451. The molecule has 0 unspecified atom stereocenters. The van der Waals surface area contributed by atoms with Crippen molar-refractivity contribution >= 4 is 16.9 Å². The second kappa shape index (κ2) is 8.13. The summed E-state index contributed by atoms with van der Waals surface area (Å²) in [7, 11) is 3.02. The van der Waals surface area contributed by atoms with Gasteiger partial charge in [0.15, 0.2) is 5.82 Å². The van der Waals surface area contributed by atoms with Crippen LogP contribution in [0.3, 0.4) is 0 Å². The summed E-state index contributed by atoms with van der Waals surface area (Å²) >= 11 is 0. The Morgan fingerprint density at radius 1 is 0.968 bits per heavy atom. The van der Waals surface area contributed by atoms with E-state index in [0.717, 1.165) is 15.9 Å². The fraction of sp³-hybridized carbons (Fsp3) is 0.190. The Kier molecular flexibility index (Phi) is 5.37. The number of hydrogen-bond donors (Lipinski definition) is 1. The van der Waals surface area contributed by atoms with Crippen molar-refractivity contribution in [3.05, 3.63) is 66.2 Å². The van der Waals surface area contributed by atoms with E-state index in [4.69, 9.17) is 9.47 Å². The molecule has 4 rings (SSSR count). The molecule has 0 spiro atoms. The van der Waals surface area contributed by atoms with Gasteiger partial charge in [-0.2, -0.15) is 13.2 Å². The van der Waals surface area contributed by atoms with Crippen molar-refractivity contribution in [1.82, 2.24) is 19.5 Å². The summed E-state index contributed by atoms with van der Waals surface area (Å²) in [6, 6.07) is 12.0. The maximum absolute atomic E-state index is 13.6. The topological polar surface area (TPSA) is 74.1 Å². The third-order valence-corrected chi connectivity index (χ3v) is 4.59. The van der Waals surface area contributed by atoms with Crippen molar-refractivity contribution < 1.29 is 22.6 Å². The lowest BCUT2D eigenvalue weighted by atomic mass is 10.2. The Morgan fingerprint density at radius 3 is 2.42 bits per heavy atom. The molecule has 2 heterocycles. The molecule has 4 aromatic rings. The van der Waals surface area contributed by atoms with Gasteiger partial charge < -0.3 is 14.8 Å². The molecule has 0 fully saturated rings. The molecule has 7 nitrogen and oxygen atoms in total. The molecule has 2 aromatic heterocycles. The fourth-order valence-corrected chi connectivity index (χ4v) is 3.11. The number of rotatable bonds is 6. The first-order chi connectivity index (χ1) is 14.9. The number of fused-ring (bicyclic) bond motifs is 1. The third-order valence-electron chi connectivity index (χ3n) is 4.59. The zero-order valence-corrected chi connectivity index (χ0v) is 16.6. The summed E-state index contributed by atoms with van der Waals surface area (Å²) in [5.41, 5.74) is 1.35. The molecule has 0 saturated heterocycles. The van der Waals surface area contributed by atoms with Gasteiger partial charge in [0.2, 0.25) is 5.82 Å². The van der Waals surface area contributed by atoms with Gasteiger partial charge in [0.25, 0.3) is 0 Å². The van der Waals surface area contributed by atoms with Gasteiger partial charge in [-0.1, -0.05) is 12.1 Å². The van der Waals surface area contributed by atoms with Crippen molar-refractivity contribution in [3.63, 3.8) is 0 Å². The van der Waals surface area contributed by atoms with Gasteiger partial charge >= 0.3 is 6.18 Å². The van der Waals surface area contributed by atoms with E-state index in [9.17, 15) is 13.2 Å². The number of ether oxygens (including phenoxy) is 2. The zero-order chi connectivity index (χ0) is 22.0. The Labute approximate surface area is 175 Å². The Balaban J connectivity index is 1.63. The number of halogens is 3. The Bertz CT molecular complexity index is 1210. The molecule has 0 saturated carbocycles. The minimum absolute atomic E-state index is 0.00641. The fourth-order valence-electron chi connectivity index (χ4n) is 3.11. The Hall–Kier alpha value is -3.82. The highest BCUT2D eigenvalue weighted by atomic mass is 19.4. The monoisotopic (exact) mass is 429 g/mol. The average Bonchev–Trinajstić information content (AvgIpc) is 3.17. The van der Waals surface area contributed by atoms with Crippen molar-refractivity contribution in [2.45, 2.75) is 12.7 Å². The number of aromatic nitrogens is 4. The lowest BCUT2D eigenvalue weighted by molar-refractivity contribution is -0.145. The third kappa shape index (κ3) is 4.23. The van der Waals surface area contributed by atoms with E-state index in [1.807, 2.05) is 24.3 Å². The van der Waals surface area contributed by atoms with Crippen LogP contribution in [-0.2, 0) is 12.7 Å². The van der Waals surface area contributed by atoms with E-state index in [1.54, 1.807) is 13.2 Å². The number of benzene rings is 2. The summed E-state index contributed by atoms with van der Waals surface area (Å²) in [4.78, 5) is 12.1. The van der Waals surface area contributed by atoms with E-state index in [-0.39, 0.29) is 16.9 Å². The van der Waals surface area contributed by atoms with Crippen LogP contribution in [0.15, 0.2) is 54.9 Å². The lowest BCUT2D eigenvalue weighted by Crippen LogP contribution is -2.15. The minimum atomic E-state index is -4.67. The summed E-state index contributed by atoms with van der Waals surface area (Å²) in [5, 5.41) is 3.09. The zero-order valence-electron chi connectivity index (χ0n) is 16.6. The van der Waals surface area contributed by atoms with Crippen LogP contribution in [0.2, 0.25) is 0 Å². The van der Waals surface area contributed by atoms with E-state index in [0.29, 0.717) is 18.1 Å². The quantitative estimate of drug-likeness (QED) is 0.488. The molecular formula is C21H18F3N5O2. The molecule has 0 amide bonds. The first-order valence-corrected chi connectivity index (χ1v) is 9.22. The molecule has 160 valence electrons. The average molecular weight is 429 g/mol. The van der Waals surface area contributed by atoms with Crippen LogP contribution < -0.4 is 14.8 Å². The molecule has 0 radical (unpaired) electrons. The molecule has 0 atom stereocenters. The van der Waals surface area contributed by atoms with Crippen molar-refractivity contribution in [3.8, 4) is 17.3 Å². The maximum Gasteiger partial charge on any atom is 0.450 e. The second-order valence-electron chi connectivity index (χ2n) is 6.59. The standard InChI is InChI=1S/C21H18F3N5O2/c1-30-14-5-3-4-13(8-14)10-25-18-11-27-19(12-26-18)29-17-7-6-15(31-2)9-16(17)28-20(29)21(22,23)24/h3-9,11-12H,10H2,1-2H3,(H,25,26). The number of imidazole rings is 1. The molecule has 1 N–H and O–H groups in total. The van der Waals surface area contributed by atoms with Gasteiger partial charge in [-0.05, 0) is 29.8 Å². The predicted octanol–water partition coefficient (Wildman–Crippen LogP) is 4.46.